The van der Waals surface area contributed by atoms with Crippen molar-refractivity contribution in [3.05, 3.63) is 17.2 Å². The SMILES string of the molecule is Cc1[nH]c(CCN2CCNCC2)nc1C1CCCC1. The zero-order chi connectivity index (χ0) is 13.1. The molecule has 0 unspecified atom stereocenters. The van der Waals surface area contributed by atoms with Crippen LogP contribution in [0.25, 0.3) is 0 Å². The van der Waals surface area contributed by atoms with Gasteiger partial charge in [-0.15, -0.1) is 0 Å². The molecule has 4 nitrogen and oxygen atoms in total. The van der Waals surface area contributed by atoms with E-state index in [1.807, 2.05) is 0 Å². The van der Waals surface area contributed by atoms with E-state index in [1.54, 1.807) is 0 Å². The minimum Gasteiger partial charge on any atom is -0.346 e. The molecule has 0 aromatic carbocycles. The van der Waals surface area contributed by atoms with Crippen LogP contribution in [0.5, 0.6) is 0 Å². The molecule has 2 heterocycles. The molecular weight excluding hydrogens is 236 g/mol. The maximum absolute atomic E-state index is 4.88. The summed E-state index contributed by atoms with van der Waals surface area (Å²) in [7, 11) is 0. The Balaban J connectivity index is 1.57. The van der Waals surface area contributed by atoms with Crippen LogP contribution in [0.4, 0.5) is 0 Å². The Morgan fingerprint density at radius 2 is 1.95 bits per heavy atom. The lowest BCUT2D eigenvalue weighted by Crippen LogP contribution is -2.44. The molecule has 2 N–H and O–H groups in total. The predicted molar refractivity (Wildman–Crippen MR) is 77.5 cm³/mol. The van der Waals surface area contributed by atoms with Crippen LogP contribution in [-0.4, -0.2) is 47.6 Å². The second kappa shape index (κ2) is 6.06. The Bertz CT molecular complexity index is 400. The summed E-state index contributed by atoms with van der Waals surface area (Å²) in [5.74, 6) is 1.92. The monoisotopic (exact) mass is 262 g/mol. The van der Waals surface area contributed by atoms with Crippen molar-refractivity contribution in [1.29, 1.82) is 0 Å². The maximum atomic E-state index is 4.88. The molecule has 0 bridgehead atoms. The normalized spacial score (nSPS) is 22.2. The van der Waals surface area contributed by atoms with Crippen LogP contribution in [-0.2, 0) is 6.42 Å². The standard InChI is InChI=1S/C15H26N4/c1-12-15(13-4-2-3-5-13)18-14(17-12)6-9-19-10-7-16-8-11-19/h13,16H,2-11H2,1H3,(H,17,18). The second-order valence-corrected chi connectivity index (χ2v) is 6.02. The van der Waals surface area contributed by atoms with Crippen LogP contribution in [0, 0.1) is 6.92 Å². The van der Waals surface area contributed by atoms with Crippen LogP contribution >= 0.6 is 0 Å². The summed E-state index contributed by atoms with van der Waals surface area (Å²) < 4.78 is 0. The number of imidazole rings is 1. The van der Waals surface area contributed by atoms with Gasteiger partial charge in [0.15, 0.2) is 0 Å². The number of rotatable bonds is 4. The zero-order valence-corrected chi connectivity index (χ0v) is 12.0. The van der Waals surface area contributed by atoms with Crippen molar-refractivity contribution in [1.82, 2.24) is 20.2 Å². The largest absolute Gasteiger partial charge is 0.346 e. The van der Waals surface area contributed by atoms with Gasteiger partial charge in [-0.2, -0.15) is 0 Å². The first-order valence-corrected chi connectivity index (χ1v) is 7.81. The van der Waals surface area contributed by atoms with Crippen molar-refractivity contribution < 1.29 is 0 Å². The first-order valence-electron chi connectivity index (χ1n) is 7.81. The van der Waals surface area contributed by atoms with E-state index in [0.29, 0.717) is 0 Å². The van der Waals surface area contributed by atoms with E-state index in [4.69, 9.17) is 4.98 Å². The Labute approximate surface area is 116 Å². The van der Waals surface area contributed by atoms with Gasteiger partial charge in [-0.3, -0.25) is 0 Å². The molecule has 0 radical (unpaired) electrons. The quantitative estimate of drug-likeness (QED) is 0.870. The van der Waals surface area contributed by atoms with E-state index in [2.05, 4.69) is 22.1 Å². The minimum absolute atomic E-state index is 0.726. The van der Waals surface area contributed by atoms with Gasteiger partial charge < -0.3 is 15.2 Å². The molecule has 106 valence electrons. The molecule has 3 rings (SSSR count). The van der Waals surface area contributed by atoms with Gasteiger partial charge >= 0.3 is 0 Å². The van der Waals surface area contributed by atoms with Crippen LogP contribution < -0.4 is 5.32 Å². The highest BCUT2D eigenvalue weighted by atomic mass is 15.2. The number of piperazine rings is 1. The van der Waals surface area contributed by atoms with Crippen molar-refractivity contribution in [2.24, 2.45) is 0 Å². The minimum atomic E-state index is 0.726. The molecule has 0 atom stereocenters. The highest BCUT2D eigenvalue weighted by Crippen LogP contribution is 2.34. The van der Waals surface area contributed by atoms with Gasteiger partial charge in [0.25, 0.3) is 0 Å². The van der Waals surface area contributed by atoms with Gasteiger partial charge in [-0.05, 0) is 19.8 Å². The summed E-state index contributed by atoms with van der Waals surface area (Å²) in [6.45, 7) is 7.94. The number of nitrogens with one attached hydrogen (secondary N) is 2. The zero-order valence-electron chi connectivity index (χ0n) is 12.0. The van der Waals surface area contributed by atoms with Crippen molar-refractivity contribution in [2.75, 3.05) is 32.7 Å². The topological polar surface area (TPSA) is 44.0 Å². The third-order valence-corrected chi connectivity index (χ3v) is 4.59. The number of H-pyrrole nitrogens is 1. The van der Waals surface area contributed by atoms with E-state index >= 15 is 0 Å². The maximum Gasteiger partial charge on any atom is 0.107 e. The van der Waals surface area contributed by atoms with Crippen LogP contribution in [0.15, 0.2) is 0 Å². The molecule has 2 aliphatic rings. The van der Waals surface area contributed by atoms with E-state index < -0.39 is 0 Å². The lowest BCUT2D eigenvalue weighted by molar-refractivity contribution is 0.242. The third kappa shape index (κ3) is 3.18. The lowest BCUT2D eigenvalue weighted by atomic mass is 10.0. The average Bonchev–Trinajstić information content (AvgIpc) is 3.07. The molecule has 1 aliphatic heterocycles. The molecule has 1 saturated heterocycles. The first kappa shape index (κ1) is 13.1. The molecule has 1 aromatic heterocycles. The van der Waals surface area contributed by atoms with E-state index in [-0.39, 0.29) is 0 Å². The molecule has 19 heavy (non-hydrogen) atoms. The highest BCUT2D eigenvalue weighted by molar-refractivity contribution is 5.19. The van der Waals surface area contributed by atoms with E-state index in [0.717, 1.165) is 32.0 Å². The van der Waals surface area contributed by atoms with Crippen molar-refractivity contribution in [2.45, 2.75) is 44.9 Å². The Hall–Kier alpha value is -0.870. The molecule has 1 aromatic rings. The summed E-state index contributed by atoms with van der Waals surface area (Å²) in [6.07, 6.45) is 6.50. The van der Waals surface area contributed by atoms with Gasteiger partial charge in [-0.1, -0.05) is 12.8 Å². The molecule has 0 amide bonds. The van der Waals surface area contributed by atoms with Crippen LogP contribution in [0.1, 0.15) is 48.8 Å². The van der Waals surface area contributed by atoms with E-state index in [1.165, 1.54) is 56.0 Å². The second-order valence-electron chi connectivity index (χ2n) is 6.02. The van der Waals surface area contributed by atoms with Gasteiger partial charge in [-0.25, -0.2) is 4.98 Å². The lowest BCUT2D eigenvalue weighted by Gasteiger charge is -2.26. The van der Waals surface area contributed by atoms with Crippen molar-refractivity contribution in [3.63, 3.8) is 0 Å². The van der Waals surface area contributed by atoms with Crippen molar-refractivity contribution in [3.8, 4) is 0 Å². The summed E-state index contributed by atoms with van der Waals surface area (Å²) in [5.41, 5.74) is 2.66. The molecular formula is C15H26N4. The fourth-order valence-electron chi connectivity index (χ4n) is 3.45. The van der Waals surface area contributed by atoms with Gasteiger partial charge in [0.05, 0.1) is 5.69 Å². The molecule has 1 saturated carbocycles. The molecule has 0 spiro atoms. The van der Waals surface area contributed by atoms with Crippen LogP contribution in [0.3, 0.4) is 0 Å². The number of aromatic amines is 1. The van der Waals surface area contributed by atoms with Crippen LogP contribution in [0.2, 0.25) is 0 Å². The number of aromatic nitrogens is 2. The number of aryl methyl sites for hydroxylation is 1. The van der Waals surface area contributed by atoms with E-state index in [9.17, 15) is 0 Å². The average molecular weight is 262 g/mol. The molecule has 2 fully saturated rings. The summed E-state index contributed by atoms with van der Waals surface area (Å²) >= 11 is 0. The Morgan fingerprint density at radius 3 is 2.68 bits per heavy atom. The fourth-order valence-corrected chi connectivity index (χ4v) is 3.45. The molecule has 1 aliphatic carbocycles. The van der Waals surface area contributed by atoms with Gasteiger partial charge in [0.1, 0.15) is 5.82 Å². The first-order chi connectivity index (χ1) is 9.33. The number of hydrogen-bond acceptors (Lipinski definition) is 3. The smallest absolute Gasteiger partial charge is 0.107 e. The highest BCUT2D eigenvalue weighted by Gasteiger charge is 2.22. The number of nitrogens with zero attached hydrogens (tertiary/aromatic N) is 2. The predicted octanol–water partition coefficient (Wildman–Crippen LogP) is 1.82. The molecule has 4 heteroatoms. The summed E-state index contributed by atoms with van der Waals surface area (Å²) in [5, 5.41) is 3.40. The number of hydrogen-bond donors (Lipinski definition) is 2. The third-order valence-electron chi connectivity index (χ3n) is 4.59. The van der Waals surface area contributed by atoms with Gasteiger partial charge in [0, 0.05) is 50.8 Å². The Morgan fingerprint density at radius 1 is 1.21 bits per heavy atom. The summed E-state index contributed by atoms with van der Waals surface area (Å²) in [4.78, 5) is 10.9. The summed E-state index contributed by atoms with van der Waals surface area (Å²) in [6, 6.07) is 0. The van der Waals surface area contributed by atoms with Gasteiger partial charge in [0.2, 0.25) is 0 Å². The fraction of sp³-hybridized carbons (Fsp3) is 0.800. The Kier molecular flexibility index (Phi) is 4.18. The van der Waals surface area contributed by atoms with Crippen molar-refractivity contribution >= 4 is 0 Å².